The molecule has 0 rings (SSSR count). The highest BCUT2D eigenvalue weighted by molar-refractivity contribution is 7.99. The van der Waals surface area contributed by atoms with Gasteiger partial charge in [0.2, 0.25) is 0 Å². The largest absolute Gasteiger partial charge is 0.380 e. The summed E-state index contributed by atoms with van der Waals surface area (Å²) in [6, 6.07) is 0. The van der Waals surface area contributed by atoms with Crippen LogP contribution in [0.25, 0.3) is 0 Å². The van der Waals surface area contributed by atoms with E-state index >= 15 is 0 Å². The quantitative estimate of drug-likeness (QED) is 0.605. The molecule has 0 aliphatic carbocycles. The van der Waals surface area contributed by atoms with Crippen LogP contribution < -0.4 is 0 Å². The van der Waals surface area contributed by atoms with E-state index in [-0.39, 0.29) is 0 Å². The van der Waals surface area contributed by atoms with Crippen LogP contribution in [0.3, 0.4) is 0 Å². The van der Waals surface area contributed by atoms with E-state index < -0.39 is 0 Å². The predicted molar refractivity (Wildman–Crippen MR) is 50.4 cm³/mol. The molecular formula is C8H17NS. The maximum absolute atomic E-state index is 3.68. The fourth-order valence-corrected chi connectivity index (χ4v) is 1.39. The lowest BCUT2D eigenvalue weighted by molar-refractivity contribution is 0.490. The van der Waals surface area contributed by atoms with Gasteiger partial charge in [0.1, 0.15) is 0 Å². The molecule has 0 aromatic carbocycles. The molecule has 60 valence electrons. The molecule has 0 atom stereocenters. The molecule has 0 bridgehead atoms. The van der Waals surface area contributed by atoms with E-state index in [0.29, 0.717) is 0 Å². The maximum Gasteiger partial charge on any atom is 0.0260 e. The van der Waals surface area contributed by atoms with Gasteiger partial charge >= 0.3 is 0 Å². The number of rotatable bonds is 5. The first-order valence-corrected chi connectivity index (χ1v) is 4.66. The smallest absolute Gasteiger partial charge is 0.0260 e. The minimum atomic E-state index is 0.748. The molecule has 0 aliphatic rings. The fourth-order valence-electron chi connectivity index (χ4n) is 0.524. The normalized spacial score (nSPS) is 10.0. The average Bonchev–Trinajstić information content (AvgIpc) is 1.87. The summed E-state index contributed by atoms with van der Waals surface area (Å²) in [4.78, 5) is 2.11. The van der Waals surface area contributed by atoms with Gasteiger partial charge in [-0.1, -0.05) is 20.4 Å². The van der Waals surface area contributed by atoms with E-state index in [1.807, 2.05) is 25.0 Å². The van der Waals surface area contributed by atoms with Gasteiger partial charge in [-0.05, 0) is 11.4 Å². The topological polar surface area (TPSA) is 3.24 Å². The second kappa shape index (κ2) is 5.66. The van der Waals surface area contributed by atoms with Crippen LogP contribution in [0.4, 0.5) is 0 Å². The lowest BCUT2D eigenvalue weighted by Gasteiger charge is -2.13. The van der Waals surface area contributed by atoms with Gasteiger partial charge in [-0.25, -0.2) is 0 Å². The number of hydrogen-bond acceptors (Lipinski definition) is 2. The Labute approximate surface area is 68.5 Å². The first kappa shape index (κ1) is 9.89. The van der Waals surface area contributed by atoms with Crippen molar-refractivity contribution < 1.29 is 0 Å². The van der Waals surface area contributed by atoms with E-state index in [9.17, 15) is 0 Å². The standard InChI is InChI=1S/C8H17NS/c1-5-9(4)6-7-10-8(2)3/h5,8H,1,6-7H2,2-4H3. The van der Waals surface area contributed by atoms with Gasteiger partial charge < -0.3 is 4.90 Å². The Balaban J connectivity index is 3.11. The molecule has 0 spiro atoms. The second-order valence-electron chi connectivity index (χ2n) is 2.58. The van der Waals surface area contributed by atoms with Crippen molar-refractivity contribution in [3.8, 4) is 0 Å². The predicted octanol–water partition coefficient (Wildman–Crippen LogP) is 2.20. The van der Waals surface area contributed by atoms with Crippen LogP contribution in [0.2, 0.25) is 0 Å². The molecule has 0 aliphatic heterocycles. The molecule has 0 aromatic rings. The summed E-state index contributed by atoms with van der Waals surface area (Å²) < 4.78 is 0. The maximum atomic E-state index is 3.68. The highest BCUT2D eigenvalue weighted by atomic mass is 32.2. The molecule has 0 saturated heterocycles. The molecule has 0 heterocycles. The van der Waals surface area contributed by atoms with Crippen LogP contribution in [0.1, 0.15) is 13.8 Å². The third-order valence-electron chi connectivity index (χ3n) is 1.21. The Hall–Kier alpha value is -0.110. The zero-order chi connectivity index (χ0) is 7.98. The lowest BCUT2D eigenvalue weighted by Crippen LogP contribution is -2.14. The Morgan fingerprint density at radius 2 is 2.20 bits per heavy atom. The van der Waals surface area contributed by atoms with Crippen molar-refractivity contribution in [2.45, 2.75) is 19.1 Å². The van der Waals surface area contributed by atoms with Gasteiger partial charge in [-0.15, -0.1) is 0 Å². The van der Waals surface area contributed by atoms with Gasteiger partial charge in [-0.3, -0.25) is 0 Å². The van der Waals surface area contributed by atoms with Gasteiger partial charge in [0.15, 0.2) is 0 Å². The molecule has 0 unspecified atom stereocenters. The Morgan fingerprint density at radius 3 is 2.60 bits per heavy atom. The Kier molecular flexibility index (Phi) is 5.60. The molecule has 0 aromatic heterocycles. The summed E-state index contributed by atoms with van der Waals surface area (Å²) >= 11 is 1.99. The van der Waals surface area contributed by atoms with Crippen molar-refractivity contribution >= 4 is 11.8 Å². The summed E-state index contributed by atoms with van der Waals surface area (Å²) in [5.74, 6) is 1.19. The third-order valence-corrected chi connectivity index (χ3v) is 2.29. The first-order chi connectivity index (χ1) is 4.66. The summed E-state index contributed by atoms with van der Waals surface area (Å²) in [7, 11) is 2.05. The number of nitrogens with zero attached hydrogens (tertiary/aromatic N) is 1. The molecule has 0 fully saturated rings. The molecular weight excluding hydrogens is 142 g/mol. The molecule has 1 nitrogen and oxygen atoms in total. The molecule has 0 saturated carbocycles. The van der Waals surface area contributed by atoms with Crippen LogP contribution in [-0.4, -0.2) is 29.5 Å². The zero-order valence-corrected chi connectivity index (χ0v) is 7.95. The lowest BCUT2D eigenvalue weighted by atomic mass is 10.6. The second-order valence-corrected chi connectivity index (χ2v) is 4.27. The average molecular weight is 159 g/mol. The van der Waals surface area contributed by atoms with Gasteiger partial charge in [0.05, 0.1) is 0 Å². The summed E-state index contributed by atoms with van der Waals surface area (Å²) in [5, 5.41) is 0.748. The van der Waals surface area contributed by atoms with Crippen molar-refractivity contribution in [2.24, 2.45) is 0 Å². The monoisotopic (exact) mass is 159 g/mol. The highest BCUT2D eigenvalue weighted by Gasteiger charge is 1.94. The highest BCUT2D eigenvalue weighted by Crippen LogP contribution is 2.08. The fraction of sp³-hybridized carbons (Fsp3) is 0.750. The molecule has 10 heavy (non-hydrogen) atoms. The van der Waals surface area contributed by atoms with Crippen LogP contribution >= 0.6 is 11.8 Å². The van der Waals surface area contributed by atoms with Crippen molar-refractivity contribution in [3.05, 3.63) is 12.8 Å². The SMILES string of the molecule is C=CN(C)CCSC(C)C. The number of thioether (sulfide) groups is 1. The van der Waals surface area contributed by atoms with E-state index in [2.05, 4.69) is 25.3 Å². The third kappa shape index (κ3) is 6.02. The Morgan fingerprint density at radius 1 is 1.60 bits per heavy atom. The molecule has 0 N–H and O–H groups in total. The van der Waals surface area contributed by atoms with Crippen molar-refractivity contribution in [1.82, 2.24) is 4.90 Å². The molecule has 0 radical (unpaired) electrons. The van der Waals surface area contributed by atoms with Crippen LogP contribution in [0.15, 0.2) is 12.8 Å². The summed E-state index contributed by atoms with van der Waals surface area (Å²) in [5.41, 5.74) is 0. The minimum Gasteiger partial charge on any atom is -0.380 e. The summed E-state index contributed by atoms with van der Waals surface area (Å²) in [6.45, 7) is 9.22. The number of hydrogen-bond donors (Lipinski definition) is 0. The molecule has 0 amide bonds. The van der Waals surface area contributed by atoms with E-state index in [4.69, 9.17) is 0 Å². The van der Waals surface area contributed by atoms with Crippen molar-refractivity contribution in [1.29, 1.82) is 0 Å². The van der Waals surface area contributed by atoms with E-state index in [1.165, 1.54) is 5.75 Å². The molecule has 2 heteroatoms. The zero-order valence-electron chi connectivity index (χ0n) is 7.13. The van der Waals surface area contributed by atoms with E-state index in [0.717, 1.165) is 11.8 Å². The minimum absolute atomic E-state index is 0.748. The van der Waals surface area contributed by atoms with Crippen molar-refractivity contribution in [3.63, 3.8) is 0 Å². The van der Waals surface area contributed by atoms with Crippen LogP contribution in [0, 0.1) is 0 Å². The van der Waals surface area contributed by atoms with Crippen molar-refractivity contribution in [2.75, 3.05) is 19.3 Å². The van der Waals surface area contributed by atoms with E-state index in [1.54, 1.807) is 0 Å². The van der Waals surface area contributed by atoms with Crippen LogP contribution in [-0.2, 0) is 0 Å². The first-order valence-electron chi connectivity index (χ1n) is 3.61. The van der Waals surface area contributed by atoms with Gasteiger partial charge in [-0.2, -0.15) is 11.8 Å². The Bertz CT molecular complexity index is 91.3. The summed E-state index contributed by atoms with van der Waals surface area (Å²) in [6.07, 6.45) is 1.86. The van der Waals surface area contributed by atoms with Gasteiger partial charge in [0.25, 0.3) is 0 Å². The van der Waals surface area contributed by atoms with Gasteiger partial charge in [0, 0.05) is 19.3 Å². The van der Waals surface area contributed by atoms with Crippen LogP contribution in [0.5, 0.6) is 0 Å².